The highest BCUT2D eigenvalue weighted by molar-refractivity contribution is 5.80. The van der Waals surface area contributed by atoms with Gasteiger partial charge >= 0.3 is 0 Å². The lowest BCUT2D eigenvalue weighted by Gasteiger charge is -2.41. The molecule has 55 heavy (non-hydrogen) atoms. The van der Waals surface area contributed by atoms with E-state index in [1.165, 1.54) is 36.0 Å². The number of carbonyl (C=O) groups is 1. The van der Waals surface area contributed by atoms with Gasteiger partial charge in [0.15, 0.2) is 0 Å². The topological polar surface area (TPSA) is 37.3 Å². The maximum Gasteiger partial charge on any atom is 0.134 e. The van der Waals surface area contributed by atoms with Gasteiger partial charge < -0.3 is 5.11 Å². The quantitative estimate of drug-likeness (QED) is 0.122. The van der Waals surface area contributed by atoms with Crippen molar-refractivity contribution in [2.45, 2.75) is 151 Å². The molecule has 302 valence electrons. The Balaban J connectivity index is 1.45. The van der Waals surface area contributed by atoms with Gasteiger partial charge in [0.25, 0.3) is 0 Å². The van der Waals surface area contributed by atoms with Crippen LogP contribution >= 0.6 is 0 Å². The largest absolute Gasteiger partial charge is 0.386 e. The first kappa shape index (κ1) is 44.7. The second-order valence-corrected chi connectivity index (χ2v) is 20.1. The number of aliphatic hydroxyl groups is 1. The van der Waals surface area contributed by atoms with E-state index in [0.717, 1.165) is 42.4 Å². The molecule has 2 heteroatoms. The zero-order valence-corrected chi connectivity index (χ0v) is 36.7. The Morgan fingerprint density at radius 2 is 1.42 bits per heavy atom. The highest BCUT2D eigenvalue weighted by Crippen LogP contribution is 2.73. The zero-order valence-electron chi connectivity index (χ0n) is 36.7. The van der Waals surface area contributed by atoms with Crippen molar-refractivity contribution in [1.29, 1.82) is 0 Å². The van der Waals surface area contributed by atoms with Gasteiger partial charge in [0, 0.05) is 18.8 Å². The summed E-state index contributed by atoms with van der Waals surface area (Å²) in [7, 11) is 0. The van der Waals surface area contributed by atoms with Crippen molar-refractivity contribution in [2.24, 2.45) is 52.3 Å². The van der Waals surface area contributed by atoms with Crippen molar-refractivity contribution < 1.29 is 9.90 Å². The lowest BCUT2D eigenvalue weighted by Crippen LogP contribution is -2.38. The smallest absolute Gasteiger partial charge is 0.134 e. The number of Topliss-reactive ketones (excluding diaryl/α,β-unsaturated/α-hetero) is 1. The lowest BCUT2D eigenvalue weighted by atomic mass is 9.65. The van der Waals surface area contributed by atoms with Crippen molar-refractivity contribution in [3.63, 3.8) is 0 Å². The number of rotatable bonds is 22. The molecule has 9 atom stereocenters. The fourth-order valence-corrected chi connectivity index (χ4v) is 10.6. The third-order valence-electron chi connectivity index (χ3n) is 14.6. The molecule has 1 N–H and O–H groups in total. The van der Waals surface area contributed by atoms with Gasteiger partial charge in [-0.1, -0.05) is 179 Å². The first-order valence-electron chi connectivity index (χ1n) is 21.8. The van der Waals surface area contributed by atoms with E-state index < -0.39 is 5.60 Å². The monoisotopic (exact) mass is 747 g/mol. The number of hydrogen-bond acceptors (Lipinski definition) is 2. The van der Waals surface area contributed by atoms with Crippen molar-refractivity contribution in [3.8, 4) is 0 Å². The number of allylic oxidation sites excluding steroid dienone is 3. The summed E-state index contributed by atoms with van der Waals surface area (Å²) in [5.74, 6) is 3.61. The van der Waals surface area contributed by atoms with E-state index in [1.807, 2.05) is 25.1 Å². The van der Waals surface area contributed by atoms with Crippen molar-refractivity contribution >= 4 is 5.78 Å². The Labute approximate surface area is 338 Å². The molecule has 8 unspecified atom stereocenters. The third-order valence-corrected chi connectivity index (χ3v) is 14.6. The van der Waals surface area contributed by atoms with Crippen LogP contribution < -0.4 is 0 Å². The fourth-order valence-electron chi connectivity index (χ4n) is 10.6. The minimum Gasteiger partial charge on any atom is -0.386 e. The van der Waals surface area contributed by atoms with Gasteiger partial charge in [-0.25, -0.2) is 0 Å². The molecule has 0 saturated heterocycles. The molecule has 0 bridgehead atoms. The summed E-state index contributed by atoms with van der Waals surface area (Å²) in [5.41, 5.74) is 6.51. The second-order valence-electron chi connectivity index (χ2n) is 20.1. The lowest BCUT2D eigenvalue weighted by molar-refractivity contribution is -0.119. The second kappa shape index (κ2) is 18.5. The van der Waals surface area contributed by atoms with Gasteiger partial charge in [-0.05, 0) is 120 Å². The highest BCUT2D eigenvalue weighted by Gasteiger charge is 2.67. The Morgan fingerprint density at radius 3 is 1.96 bits per heavy atom. The van der Waals surface area contributed by atoms with Gasteiger partial charge in [-0.3, -0.25) is 4.79 Å². The van der Waals surface area contributed by atoms with E-state index in [9.17, 15) is 9.90 Å². The predicted molar refractivity (Wildman–Crippen MR) is 237 cm³/mol. The number of fused-ring (bicyclic) bond motifs is 1. The molecule has 2 aromatic carbocycles. The van der Waals surface area contributed by atoms with Crippen LogP contribution in [0.2, 0.25) is 0 Å². The van der Waals surface area contributed by atoms with Crippen molar-refractivity contribution in [2.75, 3.05) is 0 Å². The van der Waals surface area contributed by atoms with Crippen LogP contribution in [0.4, 0.5) is 0 Å². The minimum atomic E-state index is -1.09. The molecule has 0 radical (unpaired) electrons. The average molecular weight is 747 g/mol. The molecule has 0 spiro atoms. The summed E-state index contributed by atoms with van der Waals surface area (Å²) in [6.07, 6.45) is 8.69. The Hall–Kier alpha value is -2.97. The molecule has 0 aliphatic heterocycles. The van der Waals surface area contributed by atoms with Crippen LogP contribution in [-0.2, 0) is 4.79 Å². The van der Waals surface area contributed by atoms with Gasteiger partial charge in [0.2, 0.25) is 0 Å². The van der Waals surface area contributed by atoms with Gasteiger partial charge in [0.1, 0.15) is 5.78 Å². The summed E-state index contributed by atoms with van der Waals surface area (Å²) in [6.45, 7) is 41.6. The zero-order chi connectivity index (χ0) is 40.9. The summed E-state index contributed by atoms with van der Waals surface area (Å²) in [6, 6.07) is 21.2. The molecule has 0 amide bonds. The third kappa shape index (κ3) is 10.7. The predicted octanol–water partition coefficient (Wildman–Crippen LogP) is 14.5. The maximum absolute atomic E-state index is 13.5. The normalized spacial score (nSPS) is 23.6. The van der Waals surface area contributed by atoms with Crippen LogP contribution in [0, 0.1) is 52.3 Å². The summed E-state index contributed by atoms with van der Waals surface area (Å²) < 4.78 is 0. The Kier molecular flexibility index (Phi) is 15.1. The number of benzene rings is 2. The molecule has 4 rings (SSSR count). The molecule has 2 aliphatic rings. The van der Waals surface area contributed by atoms with Crippen LogP contribution in [0.1, 0.15) is 156 Å². The van der Waals surface area contributed by atoms with E-state index in [-0.39, 0.29) is 29.0 Å². The fraction of sp³-hybridized carbons (Fsp3) is 0.604. The van der Waals surface area contributed by atoms with E-state index in [0.29, 0.717) is 60.2 Å². The van der Waals surface area contributed by atoms with Gasteiger partial charge in [-0.2, -0.15) is 0 Å². The summed E-state index contributed by atoms with van der Waals surface area (Å²) >= 11 is 0. The SMILES string of the molecule is C=C(CC(CCC)C(C)(O)C(=C)CCC(=O)C[C@H](C(=C)C(C)C)c1ccccc1)C1C(C(=C)C(CCCC(C)c2ccccc2)C(C)(C)C)CC2C1C2(C)C. The molecule has 2 fully saturated rings. The molecule has 0 heterocycles. The summed E-state index contributed by atoms with van der Waals surface area (Å²) in [4.78, 5) is 13.5. The average Bonchev–Trinajstić information content (AvgIpc) is 3.43. The maximum atomic E-state index is 13.5. The van der Waals surface area contributed by atoms with Crippen molar-refractivity contribution in [3.05, 3.63) is 120 Å². The van der Waals surface area contributed by atoms with E-state index in [2.05, 4.69) is 118 Å². The first-order valence-corrected chi connectivity index (χ1v) is 21.8. The molecule has 2 saturated carbocycles. The first-order chi connectivity index (χ1) is 25.7. The van der Waals surface area contributed by atoms with Crippen molar-refractivity contribution in [1.82, 2.24) is 0 Å². The Morgan fingerprint density at radius 1 is 0.836 bits per heavy atom. The number of carbonyl (C=O) groups excluding carboxylic acids is 1. The molecule has 2 aliphatic carbocycles. The van der Waals surface area contributed by atoms with Gasteiger partial charge in [-0.15, -0.1) is 0 Å². The van der Waals surface area contributed by atoms with E-state index in [1.54, 1.807) is 0 Å². The Bertz CT molecular complexity index is 1620. The number of ketones is 1. The van der Waals surface area contributed by atoms with Crippen LogP contribution in [0.3, 0.4) is 0 Å². The highest BCUT2D eigenvalue weighted by atomic mass is 16.3. The molecule has 0 aromatic heterocycles. The van der Waals surface area contributed by atoms with Crippen LogP contribution in [0.25, 0.3) is 0 Å². The minimum absolute atomic E-state index is 0.000945. The molecule has 2 nitrogen and oxygen atoms in total. The van der Waals surface area contributed by atoms with E-state index >= 15 is 0 Å². The van der Waals surface area contributed by atoms with Gasteiger partial charge in [0.05, 0.1) is 5.60 Å². The number of hydrogen-bond donors (Lipinski definition) is 1. The van der Waals surface area contributed by atoms with Crippen LogP contribution in [0.5, 0.6) is 0 Å². The molecular formula is C53H78O2. The molecule has 2 aromatic rings. The van der Waals surface area contributed by atoms with Crippen LogP contribution in [-0.4, -0.2) is 16.5 Å². The van der Waals surface area contributed by atoms with Crippen LogP contribution in [0.15, 0.2) is 109 Å². The standard InChI is InChI=1S/C53H78O2/c1-15-23-43(53(14,55)38(6)30-31-44(54)33-45(39(7)35(2)3)42-27-20-17-21-28-42)32-37(5)49-46(34-48-50(49)52(48,12)13)40(8)47(51(9,10)11)29-22-24-36(4)41-25-18-16-19-26-41/h16-21,25-28,35-36,43,45-50,55H,5-8,15,22-24,29-34H2,1-4,9-14H3/t36?,43?,45-,46?,47?,48?,49?,50?,53?/m1/s1. The molecular weight excluding hydrogens is 669 g/mol. The summed E-state index contributed by atoms with van der Waals surface area (Å²) in [5, 5.41) is 12.3. The van der Waals surface area contributed by atoms with E-state index in [4.69, 9.17) is 13.2 Å².